The fourth-order valence-electron chi connectivity index (χ4n) is 2.09. The van der Waals surface area contributed by atoms with E-state index < -0.39 is 15.8 Å². The van der Waals surface area contributed by atoms with Crippen LogP contribution in [0.1, 0.15) is 20.8 Å². The van der Waals surface area contributed by atoms with E-state index in [1.54, 1.807) is 32.9 Å². The molecule has 0 aliphatic carbocycles. The van der Waals surface area contributed by atoms with Crippen molar-refractivity contribution in [3.05, 3.63) is 34.4 Å². The molecule has 1 saturated heterocycles. The van der Waals surface area contributed by atoms with E-state index in [9.17, 15) is 14.9 Å². The summed E-state index contributed by atoms with van der Waals surface area (Å²) in [5, 5.41) is 12.2. The van der Waals surface area contributed by atoms with Crippen LogP contribution in [0.25, 0.3) is 0 Å². The molecule has 0 saturated carbocycles. The van der Waals surface area contributed by atoms with Gasteiger partial charge in [0, 0.05) is 24.4 Å². The normalized spacial score (nSPS) is 19.5. The van der Waals surface area contributed by atoms with E-state index >= 15 is 0 Å². The second-order valence-electron chi connectivity index (χ2n) is 6.42. The van der Waals surface area contributed by atoms with E-state index in [-0.39, 0.29) is 11.7 Å². The van der Waals surface area contributed by atoms with Crippen LogP contribution in [0.4, 0.5) is 11.4 Å². The monoisotopic (exact) mass is 341 g/mol. The molecule has 0 spiro atoms. The summed E-state index contributed by atoms with van der Waals surface area (Å²) in [7, 11) is 0. The largest absolute Gasteiger partial charge is 0.367 e. The number of hydroxylamine groups is 2. The zero-order valence-electron chi connectivity index (χ0n) is 13.4. The molecule has 7 nitrogen and oxygen atoms in total. The van der Waals surface area contributed by atoms with Gasteiger partial charge in [0.15, 0.2) is 0 Å². The second kappa shape index (κ2) is 6.72. The highest BCUT2D eigenvalue weighted by Gasteiger charge is 2.32. The molecule has 0 N–H and O–H groups in total. The Morgan fingerprint density at radius 3 is 2.39 bits per heavy atom. The highest BCUT2D eigenvalue weighted by atomic mass is 35.5. The van der Waals surface area contributed by atoms with Crippen molar-refractivity contribution in [2.75, 3.05) is 24.5 Å². The Kier molecular flexibility index (Phi) is 5.11. The molecule has 1 fully saturated rings. The number of carbonyl (C=O) groups is 1. The zero-order chi connectivity index (χ0) is 17.2. The van der Waals surface area contributed by atoms with Gasteiger partial charge < -0.3 is 9.74 Å². The third-order valence-corrected chi connectivity index (χ3v) is 3.87. The quantitative estimate of drug-likeness (QED) is 0.364. The topological polar surface area (TPSA) is 75.9 Å². The summed E-state index contributed by atoms with van der Waals surface area (Å²) >= 11 is 6.30. The van der Waals surface area contributed by atoms with E-state index in [2.05, 4.69) is 0 Å². The lowest BCUT2D eigenvalue weighted by Gasteiger charge is -2.38. The van der Waals surface area contributed by atoms with Crippen molar-refractivity contribution in [2.24, 2.45) is 5.41 Å². The van der Waals surface area contributed by atoms with Gasteiger partial charge in [0.05, 0.1) is 23.4 Å². The van der Waals surface area contributed by atoms with Gasteiger partial charge in [-0.05, 0) is 32.9 Å². The van der Waals surface area contributed by atoms with Gasteiger partial charge in [0.2, 0.25) is 0 Å². The smallest absolute Gasteiger partial charge is 0.330 e. The van der Waals surface area contributed by atoms with E-state index in [0.29, 0.717) is 19.6 Å². The molecular formula is C15H20ClN3O4. The second-order valence-corrected chi connectivity index (χ2v) is 6.93. The summed E-state index contributed by atoms with van der Waals surface area (Å²) in [5.74, 6) is -0.327. The number of piperazine rings is 1. The number of carbonyl (C=O) groups excluding carboxylic acids is 1. The third kappa shape index (κ3) is 4.33. The van der Waals surface area contributed by atoms with Gasteiger partial charge in [-0.25, -0.2) is 4.79 Å². The minimum Gasteiger partial charge on any atom is -0.367 e. The van der Waals surface area contributed by atoms with Crippen LogP contribution in [0.2, 0.25) is 0 Å². The van der Waals surface area contributed by atoms with Gasteiger partial charge in [0.1, 0.15) is 5.50 Å². The van der Waals surface area contributed by atoms with Crippen molar-refractivity contribution in [2.45, 2.75) is 26.3 Å². The first kappa shape index (κ1) is 17.5. The average molecular weight is 342 g/mol. The van der Waals surface area contributed by atoms with Gasteiger partial charge >= 0.3 is 5.97 Å². The first-order chi connectivity index (χ1) is 10.7. The maximum absolute atomic E-state index is 11.9. The van der Waals surface area contributed by atoms with Gasteiger partial charge in [-0.15, -0.1) is 16.7 Å². The molecule has 1 aromatic carbocycles. The molecule has 1 unspecified atom stereocenters. The number of benzene rings is 1. The predicted octanol–water partition coefficient (Wildman–Crippen LogP) is 2.79. The van der Waals surface area contributed by atoms with Crippen molar-refractivity contribution in [3.63, 3.8) is 0 Å². The average Bonchev–Trinajstić information content (AvgIpc) is 2.48. The van der Waals surface area contributed by atoms with E-state index in [4.69, 9.17) is 16.4 Å². The van der Waals surface area contributed by atoms with Crippen LogP contribution in [0.15, 0.2) is 24.3 Å². The standard InChI is InChI=1S/C15H20ClN3O4/c1-15(2,3)14(20)23-18-9-8-17(10-13(18)16)11-4-6-12(7-5-11)19(21)22/h4-7,13H,8-10H2,1-3H3. The van der Waals surface area contributed by atoms with Gasteiger partial charge in [-0.2, -0.15) is 0 Å². The number of nitro groups is 1. The highest BCUT2D eigenvalue weighted by Crippen LogP contribution is 2.25. The molecule has 2 rings (SSSR count). The summed E-state index contributed by atoms with van der Waals surface area (Å²) < 4.78 is 0. The van der Waals surface area contributed by atoms with Crippen molar-refractivity contribution in [1.82, 2.24) is 5.06 Å². The summed E-state index contributed by atoms with van der Waals surface area (Å²) in [6.07, 6.45) is 0. The Bertz CT molecular complexity index is 585. The number of nitro benzene ring substituents is 1. The molecular weight excluding hydrogens is 322 g/mol. The molecule has 0 radical (unpaired) electrons. The minimum absolute atomic E-state index is 0.0499. The third-order valence-electron chi connectivity index (χ3n) is 3.51. The van der Waals surface area contributed by atoms with Crippen LogP contribution in [0, 0.1) is 15.5 Å². The van der Waals surface area contributed by atoms with Crippen LogP contribution in [0.3, 0.4) is 0 Å². The molecule has 8 heteroatoms. The lowest BCUT2D eigenvalue weighted by Crippen LogP contribution is -2.52. The van der Waals surface area contributed by atoms with Crippen LogP contribution in [-0.2, 0) is 9.63 Å². The number of non-ortho nitro benzene ring substituents is 1. The predicted molar refractivity (Wildman–Crippen MR) is 87.2 cm³/mol. The van der Waals surface area contributed by atoms with Crippen molar-refractivity contribution >= 4 is 28.9 Å². The Hall–Kier alpha value is -1.86. The summed E-state index contributed by atoms with van der Waals surface area (Å²) in [6.45, 7) is 6.88. The Morgan fingerprint density at radius 2 is 1.91 bits per heavy atom. The van der Waals surface area contributed by atoms with Crippen LogP contribution in [0.5, 0.6) is 0 Å². The molecule has 1 aliphatic heterocycles. The van der Waals surface area contributed by atoms with Crippen molar-refractivity contribution in [3.8, 4) is 0 Å². The van der Waals surface area contributed by atoms with Crippen molar-refractivity contribution < 1.29 is 14.6 Å². The summed E-state index contributed by atoms with van der Waals surface area (Å²) in [6, 6.07) is 6.31. The number of nitrogens with zero attached hydrogens (tertiary/aromatic N) is 3. The van der Waals surface area contributed by atoms with Gasteiger partial charge in [-0.1, -0.05) is 0 Å². The molecule has 0 bridgehead atoms. The first-order valence-electron chi connectivity index (χ1n) is 7.31. The number of halogens is 1. The lowest BCUT2D eigenvalue weighted by atomic mass is 9.98. The van der Waals surface area contributed by atoms with E-state index in [0.717, 1.165) is 5.69 Å². The number of alkyl halides is 1. The molecule has 1 aliphatic rings. The summed E-state index contributed by atoms with van der Waals surface area (Å²) in [4.78, 5) is 29.5. The SMILES string of the molecule is CC(C)(C)C(=O)ON1CCN(c2ccc([N+](=O)[O-])cc2)CC1Cl. The number of hydrogen-bond donors (Lipinski definition) is 0. The van der Waals surface area contributed by atoms with Gasteiger partial charge in [0.25, 0.3) is 5.69 Å². The fraction of sp³-hybridized carbons (Fsp3) is 0.533. The fourth-order valence-corrected chi connectivity index (χ4v) is 2.39. The first-order valence-corrected chi connectivity index (χ1v) is 7.74. The number of hydrogen-bond acceptors (Lipinski definition) is 6. The van der Waals surface area contributed by atoms with Crippen LogP contribution < -0.4 is 4.90 Å². The van der Waals surface area contributed by atoms with Crippen LogP contribution >= 0.6 is 11.6 Å². The maximum atomic E-state index is 11.9. The molecule has 23 heavy (non-hydrogen) atoms. The van der Waals surface area contributed by atoms with Crippen LogP contribution in [-0.4, -0.2) is 41.1 Å². The number of anilines is 1. The molecule has 126 valence electrons. The molecule has 0 aromatic heterocycles. The molecule has 0 amide bonds. The Balaban J connectivity index is 1.98. The number of rotatable bonds is 3. The molecule has 1 atom stereocenters. The summed E-state index contributed by atoms with van der Waals surface area (Å²) in [5.41, 5.74) is -0.172. The lowest BCUT2D eigenvalue weighted by molar-refractivity contribution is -0.384. The van der Waals surface area contributed by atoms with Crippen molar-refractivity contribution in [1.29, 1.82) is 0 Å². The molecule has 1 heterocycles. The van der Waals surface area contributed by atoms with E-state index in [1.807, 2.05) is 4.90 Å². The Labute approximate surface area is 139 Å². The molecule has 1 aromatic rings. The zero-order valence-corrected chi connectivity index (χ0v) is 14.1. The minimum atomic E-state index is -0.591. The Morgan fingerprint density at radius 1 is 1.30 bits per heavy atom. The highest BCUT2D eigenvalue weighted by molar-refractivity contribution is 6.20. The van der Waals surface area contributed by atoms with Gasteiger partial charge in [-0.3, -0.25) is 10.1 Å². The maximum Gasteiger partial charge on any atom is 0.330 e. The van der Waals surface area contributed by atoms with E-state index in [1.165, 1.54) is 17.2 Å².